The van der Waals surface area contributed by atoms with Crippen molar-refractivity contribution in [2.24, 2.45) is 0 Å². The Balaban J connectivity index is 1.70. The van der Waals surface area contributed by atoms with Gasteiger partial charge in [-0.2, -0.15) is 0 Å². The van der Waals surface area contributed by atoms with E-state index in [0.29, 0.717) is 41.3 Å². The molecule has 2 heterocycles. The minimum Gasteiger partial charge on any atom is -0.465 e. The molecule has 0 spiro atoms. The highest BCUT2D eigenvalue weighted by atomic mass is 35.5. The van der Waals surface area contributed by atoms with Crippen LogP contribution in [-0.2, 0) is 29.0 Å². The summed E-state index contributed by atoms with van der Waals surface area (Å²) in [5.41, 5.74) is 2.69. The smallest absolute Gasteiger partial charge is 0.365 e. The zero-order valence-electron chi connectivity index (χ0n) is 14.8. The Morgan fingerprint density at radius 1 is 1.30 bits per heavy atom. The molecule has 2 N–H and O–H groups in total. The van der Waals surface area contributed by atoms with Crippen molar-refractivity contribution >= 4 is 28.5 Å². The molecule has 2 aromatic carbocycles. The van der Waals surface area contributed by atoms with Crippen molar-refractivity contribution in [3.8, 4) is 0 Å². The highest BCUT2D eigenvalue weighted by molar-refractivity contribution is 6.31. The molecule has 1 aliphatic rings. The van der Waals surface area contributed by atoms with Crippen molar-refractivity contribution in [1.29, 1.82) is 0 Å². The number of benzene rings is 2. The molecule has 0 bridgehead atoms. The number of quaternary nitrogens is 1. The number of carbonyl (C=O) groups is 1. The first kappa shape index (κ1) is 17.7. The Kier molecular flexibility index (Phi) is 4.68. The molecule has 1 aromatic heterocycles. The van der Waals surface area contributed by atoms with Crippen molar-refractivity contribution in [3.63, 3.8) is 0 Å². The average molecular weight is 385 g/mol. The fourth-order valence-electron chi connectivity index (χ4n) is 3.70. The standard InChI is InChI=1S/C20H18ClN3O3/c1-27-20(26)17-8-12-4-2-3-5-13(12)10-24(17)11-18-22-16-9-14(21)6-7-15(16)19(25)23-18/h2-7,9,17H,8,10-11H2,1H3,(H,22,23,25)/p+1/t17-/m0/s1. The molecule has 1 aliphatic heterocycles. The van der Waals surface area contributed by atoms with Gasteiger partial charge in [-0.1, -0.05) is 35.9 Å². The van der Waals surface area contributed by atoms with Gasteiger partial charge < -0.3 is 14.6 Å². The average Bonchev–Trinajstić information content (AvgIpc) is 2.66. The number of nitrogens with zero attached hydrogens (tertiary/aromatic N) is 1. The summed E-state index contributed by atoms with van der Waals surface area (Å²) >= 11 is 6.04. The van der Waals surface area contributed by atoms with Crippen LogP contribution in [0.4, 0.5) is 0 Å². The number of aromatic amines is 1. The first-order valence-electron chi connectivity index (χ1n) is 8.73. The summed E-state index contributed by atoms with van der Waals surface area (Å²) in [5, 5.41) is 1.02. The second-order valence-corrected chi connectivity index (χ2v) is 7.17. The molecule has 2 atom stereocenters. The van der Waals surface area contributed by atoms with E-state index in [9.17, 15) is 9.59 Å². The van der Waals surface area contributed by atoms with Gasteiger partial charge in [-0.15, -0.1) is 0 Å². The van der Waals surface area contributed by atoms with Crippen molar-refractivity contribution in [2.45, 2.75) is 25.6 Å². The highest BCUT2D eigenvalue weighted by Gasteiger charge is 2.36. The van der Waals surface area contributed by atoms with Crippen LogP contribution < -0.4 is 10.5 Å². The van der Waals surface area contributed by atoms with Crippen LogP contribution in [0.5, 0.6) is 0 Å². The van der Waals surface area contributed by atoms with Gasteiger partial charge in [-0.3, -0.25) is 4.79 Å². The number of H-pyrrole nitrogens is 1. The summed E-state index contributed by atoms with van der Waals surface area (Å²) in [6.45, 7) is 1.07. The molecule has 4 rings (SSSR count). The van der Waals surface area contributed by atoms with Gasteiger partial charge in [0.05, 0.1) is 18.0 Å². The van der Waals surface area contributed by atoms with Gasteiger partial charge in [0.25, 0.3) is 5.56 Å². The highest BCUT2D eigenvalue weighted by Crippen LogP contribution is 2.16. The molecule has 0 saturated carbocycles. The quantitative estimate of drug-likeness (QED) is 0.666. The van der Waals surface area contributed by atoms with E-state index in [4.69, 9.17) is 16.3 Å². The first-order chi connectivity index (χ1) is 13.0. The Morgan fingerprint density at radius 3 is 2.85 bits per heavy atom. The summed E-state index contributed by atoms with van der Waals surface area (Å²) in [4.78, 5) is 33.1. The van der Waals surface area contributed by atoms with E-state index in [1.807, 2.05) is 18.2 Å². The molecule has 3 aromatic rings. The van der Waals surface area contributed by atoms with Crippen molar-refractivity contribution in [2.75, 3.05) is 7.11 Å². The zero-order valence-corrected chi connectivity index (χ0v) is 15.5. The maximum absolute atomic E-state index is 12.4. The summed E-state index contributed by atoms with van der Waals surface area (Å²) in [6, 6.07) is 12.7. The van der Waals surface area contributed by atoms with Crippen molar-refractivity contribution in [1.82, 2.24) is 9.97 Å². The second-order valence-electron chi connectivity index (χ2n) is 6.73. The summed E-state index contributed by atoms with van der Waals surface area (Å²) < 4.78 is 5.01. The molecule has 0 aliphatic carbocycles. The number of carbonyl (C=O) groups excluding carboxylic acids is 1. The fourth-order valence-corrected chi connectivity index (χ4v) is 3.87. The fraction of sp³-hybridized carbons (Fsp3) is 0.250. The van der Waals surface area contributed by atoms with E-state index < -0.39 is 0 Å². The first-order valence-corrected chi connectivity index (χ1v) is 9.10. The Morgan fingerprint density at radius 2 is 2.07 bits per heavy atom. The van der Waals surface area contributed by atoms with Crippen LogP contribution >= 0.6 is 11.6 Å². The van der Waals surface area contributed by atoms with Gasteiger partial charge in [-0.05, 0) is 23.8 Å². The number of aromatic nitrogens is 2. The topological polar surface area (TPSA) is 76.5 Å². The zero-order chi connectivity index (χ0) is 19.0. The maximum Gasteiger partial charge on any atom is 0.365 e. The maximum atomic E-state index is 12.4. The van der Waals surface area contributed by atoms with Crippen molar-refractivity contribution < 1.29 is 14.4 Å². The van der Waals surface area contributed by atoms with Crippen molar-refractivity contribution in [3.05, 3.63) is 74.8 Å². The largest absolute Gasteiger partial charge is 0.465 e. The molecule has 0 amide bonds. The number of hydrogen-bond acceptors (Lipinski definition) is 4. The van der Waals surface area contributed by atoms with Crippen LogP contribution in [-0.4, -0.2) is 29.1 Å². The van der Waals surface area contributed by atoms with E-state index >= 15 is 0 Å². The Labute approximate surface area is 160 Å². The lowest BCUT2D eigenvalue weighted by atomic mass is 9.94. The minimum absolute atomic E-state index is 0.210. The van der Waals surface area contributed by atoms with Gasteiger partial charge >= 0.3 is 5.97 Å². The molecular formula is C20H19ClN3O3+. The lowest BCUT2D eigenvalue weighted by Crippen LogP contribution is -3.15. The summed E-state index contributed by atoms with van der Waals surface area (Å²) in [6.07, 6.45) is 0.599. The molecule has 7 heteroatoms. The molecule has 27 heavy (non-hydrogen) atoms. The molecule has 0 radical (unpaired) electrons. The lowest BCUT2D eigenvalue weighted by molar-refractivity contribution is -0.946. The van der Waals surface area contributed by atoms with Gasteiger partial charge in [0, 0.05) is 17.0 Å². The summed E-state index contributed by atoms with van der Waals surface area (Å²) in [7, 11) is 1.40. The van der Waals surface area contributed by atoms with E-state index in [0.717, 1.165) is 10.5 Å². The Bertz CT molecular complexity index is 1080. The lowest BCUT2D eigenvalue weighted by Gasteiger charge is -2.31. The van der Waals surface area contributed by atoms with Crippen LogP contribution in [0, 0.1) is 0 Å². The SMILES string of the molecule is COC(=O)[C@@H]1Cc2ccccc2C[NH+]1Cc1nc2cc(Cl)ccc2c(=O)[nH]1. The predicted molar refractivity (Wildman–Crippen MR) is 102 cm³/mol. The predicted octanol–water partition coefficient (Wildman–Crippen LogP) is 1.26. The van der Waals surface area contributed by atoms with E-state index in [1.165, 1.54) is 12.7 Å². The number of ether oxygens (including phenoxy) is 1. The van der Waals surface area contributed by atoms with Crippen LogP contribution in [0.1, 0.15) is 17.0 Å². The number of rotatable bonds is 3. The Hall–Kier alpha value is -2.70. The minimum atomic E-state index is -0.342. The molecule has 6 nitrogen and oxygen atoms in total. The van der Waals surface area contributed by atoms with Crippen LogP contribution in [0.3, 0.4) is 0 Å². The van der Waals surface area contributed by atoms with E-state index in [-0.39, 0.29) is 17.6 Å². The van der Waals surface area contributed by atoms with E-state index in [2.05, 4.69) is 16.0 Å². The number of halogens is 1. The number of esters is 1. The number of nitrogens with one attached hydrogen (secondary N) is 2. The third-order valence-corrected chi connectivity index (χ3v) is 5.29. The molecule has 0 saturated heterocycles. The summed E-state index contributed by atoms with van der Waals surface area (Å²) in [5.74, 6) is 0.267. The number of hydrogen-bond donors (Lipinski definition) is 2. The molecule has 0 fully saturated rings. The van der Waals surface area contributed by atoms with Crippen LogP contribution in [0.15, 0.2) is 47.3 Å². The van der Waals surface area contributed by atoms with Gasteiger partial charge in [0.2, 0.25) is 0 Å². The monoisotopic (exact) mass is 384 g/mol. The number of fused-ring (bicyclic) bond motifs is 2. The second kappa shape index (κ2) is 7.13. The number of methoxy groups -OCH3 is 1. The van der Waals surface area contributed by atoms with Gasteiger partial charge in [-0.25, -0.2) is 9.78 Å². The van der Waals surface area contributed by atoms with Crippen LogP contribution in [0.25, 0.3) is 10.9 Å². The van der Waals surface area contributed by atoms with Gasteiger partial charge in [0.1, 0.15) is 13.1 Å². The third kappa shape index (κ3) is 3.46. The van der Waals surface area contributed by atoms with E-state index in [1.54, 1.807) is 18.2 Å². The normalized spacial score (nSPS) is 18.9. The molecule has 138 valence electrons. The third-order valence-electron chi connectivity index (χ3n) is 5.05. The molecular weight excluding hydrogens is 366 g/mol. The molecule has 1 unspecified atom stereocenters. The van der Waals surface area contributed by atoms with Gasteiger partial charge in [0.15, 0.2) is 11.9 Å². The van der Waals surface area contributed by atoms with Crippen LogP contribution in [0.2, 0.25) is 5.02 Å².